The Morgan fingerprint density at radius 3 is 2.71 bits per heavy atom. The summed E-state index contributed by atoms with van der Waals surface area (Å²) < 4.78 is 4.84. The van der Waals surface area contributed by atoms with Crippen molar-refractivity contribution in [2.24, 2.45) is 5.73 Å². The minimum absolute atomic E-state index is 0.318. The zero-order chi connectivity index (χ0) is 5.33. The summed E-state index contributed by atoms with van der Waals surface area (Å²) in [6.45, 7) is 4.22. The Bertz CT molecular complexity index is 86.1. The second kappa shape index (κ2) is 1.32. The van der Waals surface area contributed by atoms with E-state index in [4.69, 9.17) is 10.5 Å². The maximum absolute atomic E-state index is 5.46. The first-order chi connectivity index (χ1) is 3.27. The lowest BCUT2D eigenvalue weighted by molar-refractivity contribution is 0.313. The molecule has 1 aliphatic rings. The third-order valence-electron chi connectivity index (χ3n) is 1.00. The van der Waals surface area contributed by atoms with Gasteiger partial charge in [-0.05, 0) is 0 Å². The minimum atomic E-state index is -0.318. The van der Waals surface area contributed by atoms with Crippen LogP contribution in [0, 0.1) is 0 Å². The molecule has 2 heteroatoms. The molecule has 40 valence electrons. The molecule has 1 fully saturated rings. The average Bonchev–Trinajstić information content (AvgIpc) is 2.22. The quantitative estimate of drug-likeness (QED) is 0.398. The predicted octanol–water partition coefficient (Wildman–Crippen LogP) is 0.248. The fourth-order valence-corrected chi connectivity index (χ4v) is 0.455. The molecule has 0 amide bonds. The van der Waals surface area contributed by atoms with Gasteiger partial charge >= 0.3 is 0 Å². The molecule has 1 rings (SSSR count). The van der Waals surface area contributed by atoms with E-state index >= 15 is 0 Å². The number of epoxide rings is 1. The molecule has 1 saturated heterocycles. The Balaban J connectivity index is 2.25. The molecule has 0 aromatic rings. The van der Waals surface area contributed by atoms with Crippen molar-refractivity contribution in [3.8, 4) is 0 Å². The first-order valence-corrected chi connectivity index (χ1v) is 2.31. The Morgan fingerprint density at radius 1 is 2.00 bits per heavy atom. The Hall–Kier alpha value is -0.340. The van der Waals surface area contributed by atoms with Gasteiger partial charge < -0.3 is 10.5 Å². The number of rotatable bonds is 2. The van der Waals surface area contributed by atoms with E-state index < -0.39 is 0 Å². The van der Waals surface area contributed by atoms with E-state index in [9.17, 15) is 0 Å². The van der Waals surface area contributed by atoms with E-state index in [0.717, 1.165) is 6.42 Å². The molecular formula is C5H9NO. The smallest absolute Gasteiger partial charge is 0.144 e. The average molecular weight is 99.1 g/mol. The van der Waals surface area contributed by atoms with Crippen molar-refractivity contribution in [2.45, 2.75) is 12.1 Å². The second-order valence-corrected chi connectivity index (χ2v) is 1.85. The van der Waals surface area contributed by atoms with Crippen LogP contribution in [-0.2, 0) is 4.74 Å². The Kier molecular flexibility index (Phi) is 0.905. The van der Waals surface area contributed by atoms with Crippen LogP contribution in [0.1, 0.15) is 6.42 Å². The number of hydrogen-bond donors (Lipinski definition) is 1. The van der Waals surface area contributed by atoms with Gasteiger partial charge in [0, 0.05) is 6.42 Å². The van der Waals surface area contributed by atoms with Crippen molar-refractivity contribution in [3.63, 3.8) is 0 Å². The van der Waals surface area contributed by atoms with E-state index in [2.05, 4.69) is 6.58 Å². The summed E-state index contributed by atoms with van der Waals surface area (Å²) in [5, 5.41) is 0. The van der Waals surface area contributed by atoms with E-state index in [0.29, 0.717) is 6.61 Å². The fraction of sp³-hybridized carbons (Fsp3) is 0.600. The van der Waals surface area contributed by atoms with Gasteiger partial charge in [-0.2, -0.15) is 0 Å². The highest BCUT2D eigenvalue weighted by Gasteiger charge is 2.38. The lowest BCUT2D eigenvalue weighted by Gasteiger charge is -1.94. The molecule has 7 heavy (non-hydrogen) atoms. The zero-order valence-corrected chi connectivity index (χ0v) is 4.18. The summed E-state index contributed by atoms with van der Waals surface area (Å²) in [7, 11) is 0. The topological polar surface area (TPSA) is 38.5 Å². The lowest BCUT2D eigenvalue weighted by Crippen LogP contribution is -2.22. The number of hydrogen-bond acceptors (Lipinski definition) is 2. The second-order valence-electron chi connectivity index (χ2n) is 1.85. The van der Waals surface area contributed by atoms with Gasteiger partial charge in [-0.3, -0.25) is 0 Å². The minimum Gasteiger partial charge on any atom is -0.354 e. The predicted molar refractivity (Wildman–Crippen MR) is 27.7 cm³/mol. The third-order valence-corrected chi connectivity index (χ3v) is 1.00. The van der Waals surface area contributed by atoms with Crippen molar-refractivity contribution in [3.05, 3.63) is 12.7 Å². The molecule has 1 aliphatic heterocycles. The monoisotopic (exact) mass is 99.1 g/mol. The maximum atomic E-state index is 5.46. The van der Waals surface area contributed by atoms with Gasteiger partial charge in [-0.1, -0.05) is 6.08 Å². The van der Waals surface area contributed by atoms with Crippen molar-refractivity contribution >= 4 is 0 Å². The first-order valence-electron chi connectivity index (χ1n) is 2.31. The van der Waals surface area contributed by atoms with Gasteiger partial charge in [0.1, 0.15) is 5.72 Å². The fourth-order valence-electron chi connectivity index (χ4n) is 0.455. The maximum Gasteiger partial charge on any atom is 0.144 e. The molecule has 0 bridgehead atoms. The molecular weight excluding hydrogens is 90.1 g/mol. The van der Waals surface area contributed by atoms with Crippen LogP contribution < -0.4 is 5.73 Å². The van der Waals surface area contributed by atoms with Gasteiger partial charge in [0.2, 0.25) is 0 Å². The number of nitrogens with two attached hydrogens (primary N) is 1. The molecule has 1 unspecified atom stereocenters. The summed E-state index contributed by atoms with van der Waals surface area (Å²) in [6, 6.07) is 0. The van der Waals surface area contributed by atoms with Crippen LogP contribution in [-0.4, -0.2) is 12.3 Å². The Morgan fingerprint density at radius 2 is 2.57 bits per heavy atom. The van der Waals surface area contributed by atoms with Crippen LogP contribution >= 0.6 is 0 Å². The van der Waals surface area contributed by atoms with Crippen molar-refractivity contribution in [1.29, 1.82) is 0 Å². The molecule has 2 nitrogen and oxygen atoms in total. The molecule has 1 heterocycles. The highest BCUT2D eigenvalue weighted by atomic mass is 16.6. The standard InChI is InChI=1S/C5H9NO/c1-2-3-5(6)4-7-5/h2H,1,3-4,6H2. The van der Waals surface area contributed by atoms with E-state index in [1.54, 1.807) is 6.08 Å². The van der Waals surface area contributed by atoms with Crippen LogP contribution in [0.4, 0.5) is 0 Å². The summed E-state index contributed by atoms with van der Waals surface area (Å²) in [5.41, 5.74) is 5.15. The van der Waals surface area contributed by atoms with Gasteiger partial charge in [0.25, 0.3) is 0 Å². The van der Waals surface area contributed by atoms with Crippen molar-refractivity contribution in [1.82, 2.24) is 0 Å². The normalized spacial score (nSPS) is 37.9. The van der Waals surface area contributed by atoms with E-state index in [1.165, 1.54) is 0 Å². The molecule has 0 saturated carbocycles. The van der Waals surface area contributed by atoms with Crippen molar-refractivity contribution < 1.29 is 4.74 Å². The zero-order valence-electron chi connectivity index (χ0n) is 4.18. The van der Waals surface area contributed by atoms with E-state index in [1.807, 2.05) is 0 Å². The van der Waals surface area contributed by atoms with Crippen LogP contribution in [0.5, 0.6) is 0 Å². The molecule has 0 radical (unpaired) electrons. The van der Waals surface area contributed by atoms with Gasteiger partial charge in [0.05, 0.1) is 6.61 Å². The third kappa shape index (κ3) is 1.01. The van der Waals surface area contributed by atoms with Crippen molar-refractivity contribution in [2.75, 3.05) is 6.61 Å². The molecule has 0 aromatic heterocycles. The highest BCUT2D eigenvalue weighted by molar-refractivity contribution is 4.91. The highest BCUT2D eigenvalue weighted by Crippen LogP contribution is 2.23. The van der Waals surface area contributed by atoms with Gasteiger partial charge in [-0.15, -0.1) is 6.58 Å². The van der Waals surface area contributed by atoms with E-state index in [-0.39, 0.29) is 5.72 Å². The SMILES string of the molecule is C=CCC1(N)CO1. The summed E-state index contributed by atoms with van der Waals surface area (Å²) >= 11 is 0. The first kappa shape index (κ1) is 4.81. The summed E-state index contributed by atoms with van der Waals surface area (Å²) in [6.07, 6.45) is 2.54. The summed E-state index contributed by atoms with van der Waals surface area (Å²) in [4.78, 5) is 0. The van der Waals surface area contributed by atoms with Crippen LogP contribution in [0.3, 0.4) is 0 Å². The summed E-state index contributed by atoms with van der Waals surface area (Å²) in [5.74, 6) is 0. The van der Waals surface area contributed by atoms with Crippen LogP contribution in [0.25, 0.3) is 0 Å². The van der Waals surface area contributed by atoms with Gasteiger partial charge in [-0.25, -0.2) is 0 Å². The molecule has 1 atom stereocenters. The molecule has 0 aromatic carbocycles. The van der Waals surface area contributed by atoms with Crippen LogP contribution in [0.15, 0.2) is 12.7 Å². The molecule has 2 N–H and O–H groups in total. The lowest BCUT2D eigenvalue weighted by atomic mass is 10.2. The van der Waals surface area contributed by atoms with Crippen LogP contribution in [0.2, 0.25) is 0 Å². The largest absolute Gasteiger partial charge is 0.354 e. The molecule has 0 spiro atoms. The van der Waals surface area contributed by atoms with Gasteiger partial charge in [0.15, 0.2) is 0 Å². The molecule has 0 aliphatic carbocycles. The number of ether oxygens (including phenoxy) is 1. The Labute approximate surface area is 43.0 Å².